The number of carbonyl (C=O) groups excluding carboxylic acids is 2. The predicted molar refractivity (Wildman–Crippen MR) is 106 cm³/mol. The second-order valence-corrected chi connectivity index (χ2v) is 6.17. The van der Waals surface area contributed by atoms with Gasteiger partial charge >= 0.3 is 6.09 Å². The Morgan fingerprint density at radius 1 is 1.00 bits per heavy atom. The van der Waals surface area contributed by atoms with Gasteiger partial charge in [0, 0.05) is 18.3 Å². The fourth-order valence-electron chi connectivity index (χ4n) is 2.44. The molecule has 0 bridgehead atoms. The van der Waals surface area contributed by atoms with E-state index in [2.05, 4.69) is 15.6 Å². The molecule has 0 fully saturated rings. The first-order valence-electron chi connectivity index (χ1n) is 8.76. The van der Waals surface area contributed by atoms with Crippen molar-refractivity contribution in [1.82, 2.24) is 10.3 Å². The van der Waals surface area contributed by atoms with Gasteiger partial charge in [-0.1, -0.05) is 24.3 Å². The molecule has 1 aromatic heterocycles. The molecule has 0 saturated heterocycles. The normalized spacial score (nSPS) is 10.2. The van der Waals surface area contributed by atoms with Gasteiger partial charge in [-0.2, -0.15) is 0 Å². The molecule has 3 aromatic rings. The van der Waals surface area contributed by atoms with Crippen LogP contribution in [0.1, 0.15) is 21.5 Å². The SMILES string of the molecule is Nc1cnccc1NC(=O)c1ccc(CNC(=O)OCc2ccc(F)cc2)cc1. The first-order chi connectivity index (χ1) is 14.0. The second-order valence-electron chi connectivity index (χ2n) is 6.17. The van der Waals surface area contributed by atoms with E-state index in [9.17, 15) is 14.0 Å². The number of pyridine rings is 1. The Hall–Kier alpha value is -3.94. The number of hydrogen-bond donors (Lipinski definition) is 3. The molecule has 0 spiro atoms. The third kappa shape index (κ3) is 5.77. The molecule has 2 amide bonds. The Morgan fingerprint density at radius 2 is 1.69 bits per heavy atom. The fraction of sp³-hybridized carbons (Fsp3) is 0.0952. The number of nitrogens with one attached hydrogen (secondary N) is 2. The monoisotopic (exact) mass is 394 g/mol. The lowest BCUT2D eigenvalue weighted by Crippen LogP contribution is -2.23. The van der Waals surface area contributed by atoms with E-state index in [0.717, 1.165) is 5.56 Å². The number of nitrogen functional groups attached to an aromatic ring is 1. The van der Waals surface area contributed by atoms with Gasteiger partial charge in [0.2, 0.25) is 0 Å². The van der Waals surface area contributed by atoms with Crippen LogP contribution in [0, 0.1) is 5.82 Å². The summed E-state index contributed by atoms with van der Waals surface area (Å²) in [6.07, 6.45) is 2.40. The molecule has 2 aromatic carbocycles. The van der Waals surface area contributed by atoms with Crippen LogP contribution >= 0.6 is 0 Å². The lowest BCUT2D eigenvalue weighted by Gasteiger charge is -2.09. The summed E-state index contributed by atoms with van der Waals surface area (Å²) in [5.74, 6) is -0.652. The molecule has 29 heavy (non-hydrogen) atoms. The summed E-state index contributed by atoms with van der Waals surface area (Å²) in [6, 6.07) is 14.1. The lowest BCUT2D eigenvalue weighted by molar-refractivity contribution is 0.102. The number of hydrogen-bond acceptors (Lipinski definition) is 5. The van der Waals surface area contributed by atoms with Crippen LogP contribution in [0.5, 0.6) is 0 Å². The van der Waals surface area contributed by atoms with E-state index in [1.807, 2.05) is 0 Å². The first-order valence-corrected chi connectivity index (χ1v) is 8.76. The number of rotatable bonds is 6. The van der Waals surface area contributed by atoms with E-state index in [-0.39, 0.29) is 24.9 Å². The minimum absolute atomic E-state index is 0.0450. The minimum atomic E-state index is -0.593. The molecule has 8 heteroatoms. The van der Waals surface area contributed by atoms with Gasteiger partial charge in [-0.15, -0.1) is 0 Å². The van der Waals surface area contributed by atoms with Crippen molar-refractivity contribution >= 4 is 23.4 Å². The topological polar surface area (TPSA) is 106 Å². The summed E-state index contributed by atoms with van der Waals surface area (Å²) in [4.78, 5) is 27.9. The average Bonchev–Trinajstić information content (AvgIpc) is 2.74. The van der Waals surface area contributed by atoms with Crippen molar-refractivity contribution in [2.45, 2.75) is 13.2 Å². The number of alkyl carbamates (subject to hydrolysis) is 1. The van der Waals surface area contributed by atoms with Gasteiger partial charge in [-0.25, -0.2) is 9.18 Å². The molecule has 3 rings (SSSR count). The molecule has 1 heterocycles. The summed E-state index contributed by atoms with van der Waals surface area (Å²) in [5.41, 5.74) is 8.55. The summed E-state index contributed by atoms with van der Waals surface area (Å²) < 4.78 is 17.9. The highest BCUT2D eigenvalue weighted by Gasteiger charge is 2.09. The maximum Gasteiger partial charge on any atom is 0.407 e. The van der Waals surface area contributed by atoms with Crippen molar-refractivity contribution in [2.24, 2.45) is 0 Å². The zero-order chi connectivity index (χ0) is 20.6. The number of anilines is 2. The highest BCUT2D eigenvalue weighted by Crippen LogP contribution is 2.16. The molecule has 0 radical (unpaired) electrons. The molecule has 7 nitrogen and oxygen atoms in total. The Kier molecular flexibility index (Phi) is 6.36. The maximum atomic E-state index is 12.8. The molecular weight excluding hydrogens is 375 g/mol. The number of ether oxygens (including phenoxy) is 1. The Bertz CT molecular complexity index is 992. The lowest BCUT2D eigenvalue weighted by atomic mass is 10.1. The van der Waals surface area contributed by atoms with Crippen LogP contribution in [0.2, 0.25) is 0 Å². The Morgan fingerprint density at radius 3 is 2.38 bits per heavy atom. The number of aromatic nitrogens is 1. The van der Waals surface area contributed by atoms with E-state index >= 15 is 0 Å². The van der Waals surface area contributed by atoms with E-state index < -0.39 is 6.09 Å². The van der Waals surface area contributed by atoms with Gasteiger partial charge in [0.1, 0.15) is 12.4 Å². The van der Waals surface area contributed by atoms with Crippen molar-refractivity contribution in [3.63, 3.8) is 0 Å². The van der Waals surface area contributed by atoms with Crippen molar-refractivity contribution in [1.29, 1.82) is 0 Å². The number of nitrogens with zero attached hydrogens (tertiary/aromatic N) is 1. The molecule has 0 saturated carbocycles. The quantitative estimate of drug-likeness (QED) is 0.593. The maximum absolute atomic E-state index is 12.8. The highest BCUT2D eigenvalue weighted by atomic mass is 19.1. The molecular formula is C21H19FN4O3. The van der Waals surface area contributed by atoms with Gasteiger partial charge in [0.15, 0.2) is 0 Å². The molecule has 148 valence electrons. The largest absolute Gasteiger partial charge is 0.445 e. The van der Waals surface area contributed by atoms with Crippen molar-refractivity contribution < 1.29 is 18.7 Å². The summed E-state index contributed by atoms with van der Waals surface area (Å²) in [6.45, 7) is 0.283. The standard InChI is InChI=1S/C21H19FN4O3/c22-17-7-3-15(4-8-17)13-29-21(28)25-11-14-1-5-16(6-2-14)20(27)26-19-9-10-24-12-18(19)23/h1-10,12H,11,13,23H2,(H,25,28)(H,24,26,27). The van der Waals surface area contributed by atoms with E-state index in [0.29, 0.717) is 22.5 Å². The van der Waals surface area contributed by atoms with E-state index in [1.165, 1.54) is 24.5 Å². The molecule has 0 unspecified atom stereocenters. The van der Waals surface area contributed by atoms with Crippen LogP contribution in [-0.4, -0.2) is 17.0 Å². The zero-order valence-electron chi connectivity index (χ0n) is 15.4. The molecule has 0 aliphatic carbocycles. The summed E-state index contributed by atoms with van der Waals surface area (Å²) in [5, 5.41) is 5.33. The van der Waals surface area contributed by atoms with Crippen LogP contribution in [0.4, 0.5) is 20.6 Å². The average molecular weight is 394 g/mol. The molecule has 4 N–H and O–H groups in total. The third-order valence-electron chi connectivity index (χ3n) is 4.04. The van der Waals surface area contributed by atoms with Crippen LogP contribution < -0.4 is 16.4 Å². The summed E-state index contributed by atoms with van der Waals surface area (Å²) in [7, 11) is 0. The Labute approximate surface area is 166 Å². The minimum Gasteiger partial charge on any atom is -0.445 e. The van der Waals surface area contributed by atoms with Gasteiger partial charge in [0.05, 0.1) is 17.6 Å². The number of amides is 2. The predicted octanol–water partition coefficient (Wildman–Crippen LogP) is 3.48. The highest BCUT2D eigenvalue weighted by molar-refractivity contribution is 6.05. The van der Waals surface area contributed by atoms with Gasteiger partial charge in [-0.3, -0.25) is 9.78 Å². The number of halogens is 1. The first kappa shape index (κ1) is 19.8. The number of benzene rings is 2. The fourth-order valence-corrected chi connectivity index (χ4v) is 2.44. The smallest absolute Gasteiger partial charge is 0.407 e. The van der Waals surface area contributed by atoms with Gasteiger partial charge < -0.3 is 21.1 Å². The molecule has 0 aliphatic rings. The van der Waals surface area contributed by atoms with Gasteiger partial charge in [0.25, 0.3) is 5.91 Å². The Balaban J connectivity index is 1.47. The van der Waals surface area contributed by atoms with Crippen molar-refractivity contribution in [2.75, 3.05) is 11.1 Å². The second kappa shape index (κ2) is 9.32. The third-order valence-corrected chi connectivity index (χ3v) is 4.04. The van der Waals surface area contributed by atoms with E-state index in [1.54, 1.807) is 42.5 Å². The van der Waals surface area contributed by atoms with Crippen LogP contribution in [0.25, 0.3) is 0 Å². The van der Waals surface area contributed by atoms with Crippen LogP contribution in [-0.2, 0) is 17.9 Å². The van der Waals surface area contributed by atoms with Crippen molar-refractivity contribution in [3.05, 3.63) is 89.5 Å². The zero-order valence-corrected chi connectivity index (χ0v) is 15.4. The van der Waals surface area contributed by atoms with Crippen LogP contribution in [0.3, 0.4) is 0 Å². The van der Waals surface area contributed by atoms with Crippen LogP contribution in [0.15, 0.2) is 67.0 Å². The summed E-state index contributed by atoms with van der Waals surface area (Å²) >= 11 is 0. The number of nitrogens with two attached hydrogens (primary N) is 1. The molecule has 0 aliphatic heterocycles. The van der Waals surface area contributed by atoms with E-state index in [4.69, 9.17) is 10.5 Å². The van der Waals surface area contributed by atoms with Gasteiger partial charge in [-0.05, 0) is 41.5 Å². The molecule has 0 atom stereocenters. The van der Waals surface area contributed by atoms with Crippen molar-refractivity contribution in [3.8, 4) is 0 Å². The number of carbonyl (C=O) groups is 2.